The molecule has 1 unspecified atom stereocenters. The van der Waals surface area contributed by atoms with Crippen LogP contribution >= 0.6 is 23.4 Å². The highest BCUT2D eigenvalue weighted by molar-refractivity contribution is 7.99. The number of carbonyl (C=O) groups excluding carboxylic acids is 2. The van der Waals surface area contributed by atoms with Crippen molar-refractivity contribution in [3.05, 3.63) is 53.2 Å². The molecule has 2 heterocycles. The molecule has 7 nitrogen and oxygen atoms in total. The van der Waals surface area contributed by atoms with Gasteiger partial charge in [-0.25, -0.2) is 0 Å². The van der Waals surface area contributed by atoms with Gasteiger partial charge in [-0.2, -0.15) is 16.9 Å². The molecule has 0 spiro atoms. The van der Waals surface area contributed by atoms with Crippen LogP contribution in [0.1, 0.15) is 17.4 Å². The van der Waals surface area contributed by atoms with E-state index in [2.05, 4.69) is 25.7 Å². The van der Waals surface area contributed by atoms with E-state index in [1.165, 1.54) is 0 Å². The third-order valence-electron chi connectivity index (χ3n) is 4.99. The van der Waals surface area contributed by atoms with Gasteiger partial charge in [-0.3, -0.25) is 14.7 Å². The molecule has 4 rings (SSSR count). The van der Waals surface area contributed by atoms with Crippen LogP contribution in [0.25, 0.3) is 10.9 Å². The Morgan fingerprint density at radius 1 is 1.20 bits per heavy atom. The summed E-state index contributed by atoms with van der Waals surface area (Å²) in [7, 11) is 0. The van der Waals surface area contributed by atoms with Crippen LogP contribution < -0.4 is 15.5 Å². The minimum absolute atomic E-state index is 0.261. The topological polar surface area (TPSA) is 90.1 Å². The highest BCUT2D eigenvalue weighted by Gasteiger charge is 2.21. The van der Waals surface area contributed by atoms with Gasteiger partial charge in [-0.05, 0) is 31.2 Å². The standard InChI is InChI=1S/C21H22ClN5O2S/c1-13(23-21(29)19-15-4-2-3-5-17(15)25-26-19)20(28)24-14-6-7-18(16(22)12-14)27-8-10-30-11-9-27/h2-7,12-13H,8-11H2,1H3,(H,23,29)(H,24,28)(H,25,26). The zero-order valence-electron chi connectivity index (χ0n) is 16.4. The van der Waals surface area contributed by atoms with E-state index in [0.29, 0.717) is 16.1 Å². The molecule has 2 amide bonds. The molecule has 0 bridgehead atoms. The number of thioether (sulfide) groups is 1. The van der Waals surface area contributed by atoms with Crippen LogP contribution in [0.4, 0.5) is 11.4 Å². The number of H-pyrrole nitrogens is 1. The SMILES string of the molecule is CC(NC(=O)c1n[nH]c2ccccc12)C(=O)Nc1ccc(N2CCSCC2)c(Cl)c1. The fourth-order valence-corrected chi connectivity index (χ4v) is 4.57. The van der Waals surface area contributed by atoms with Gasteiger partial charge < -0.3 is 15.5 Å². The van der Waals surface area contributed by atoms with Crippen molar-refractivity contribution in [2.24, 2.45) is 0 Å². The van der Waals surface area contributed by atoms with Crippen LogP contribution in [-0.4, -0.2) is 52.6 Å². The van der Waals surface area contributed by atoms with Crippen molar-refractivity contribution in [3.63, 3.8) is 0 Å². The quantitative estimate of drug-likeness (QED) is 0.561. The summed E-state index contributed by atoms with van der Waals surface area (Å²) >= 11 is 8.39. The molecule has 0 aliphatic carbocycles. The Kier molecular flexibility index (Phi) is 6.15. The molecule has 1 saturated heterocycles. The molecule has 30 heavy (non-hydrogen) atoms. The number of aromatic nitrogens is 2. The minimum atomic E-state index is -0.745. The second kappa shape index (κ2) is 8.97. The zero-order valence-corrected chi connectivity index (χ0v) is 18.0. The first-order chi connectivity index (χ1) is 14.5. The molecule has 0 radical (unpaired) electrons. The largest absolute Gasteiger partial charge is 0.369 e. The number of hydrogen-bond acceptors (Lipinski definition) is 5. The molecule has 3 aromatic rings. The summed E-state index contributed by atoms with van der Waals surface area (Å²) in [6.07, 6.45) is 0. The Morgan fingerprint density at radius 2 is 1.97 bits per heavy atom. The molecule has 156 valence electrons. The molecule has 0 saturated carbocycles. The summed E-state index contributed by atoms with van der Waals surface area (Å²) in [5.41, 5.74) is 2.59. The zero-order chi connectivity index (χ0) is 21.1. The number of benzene rings is 2. The number of nitrogens with one attached hydrogen (secondary N) is 3. The van der Waals surface area contributed by atoms with Gasteiger partial charge in [0, 0.05) is 35.7 Å². The van der Waals surface area contributed by atoms with E-state index < -0.39 is 11.9 Å². The van der Waals surface area contributed by atoms with E-state index in [1.54, 1.807) is 13.0 Å². The minimum Gasteiger partial charge on any atom is -0.369 e. The number of nitrogens with zero attached hydrogens (tertiary/aromatic N) is 2. The fraction of sp³-hybridized carbons (Fsp3) is 0.286. The van der Waals surface area contributed by atoms with Crippen molar-refractivity contribution >= 4 is 57.5 Å². The van der Waals surface area contributed by atoms with Crippen LogP contribution in [-0.2, 0) is 4.79 Å². The molecule has 3 N–H and O–H groups in total. The van der Waals surface area contributed by atoms with E-state index in [9.17, 15) is 9.59 Å². The van der Waals surface area contributed by atoms with Gasteiger partial charge in [0.25, 0.3) is 5.91 Å². The molecular formula is C21H22ClN5O2S. The Labute approximate surface area is 183 Å². The van der Waals surface area contributed by atoms with Gasteiger partial charge in [-0.1, -0.05) is 29.8 Å². The number of aromatic amines is 1. The average Bonchev–Trinajstić information content (AvgIpc) is 3.19. The van der Waals surface area contributed by atoms with Gasteiger partial charge >= 0.3 is 0 Å². The van der Waals surface area contributed by atoms with Gasteiger partial charge in [-0.15, -0.1) is 0 Å². The van der Waals surface area contributed by atoms with E-state index in [4.69, 9.17) is 11.6 Å². The predicted octanol–water partition coefficient (Wildman–Crippen LogP) is 3.53. The maximum absolute atomic E-state index is 12.6. The Morgan fingerprint density at radius 3 is 2.73 bits per heavy atom. The monoisotopic (exact) mass is 443 g/mol. The first kappa shape index (κ1) is 20.6. The number of hydrogen-bond donors (Lipinski definition) is 3. The van der Waals surface area contributed by atoms with E-state index in [1.807, 2.05) is 48.2 Å². The molecule has 1 aromatic heterocycles. The second-order valence-electron chi connectivity index (χ2n) is 7.07. The number of halogens is 1. The first-order valence-electron chi connectivity index (χ1n) is 9.70. The summed E-state index contributed by atoms with van der Waals surface area (Å²) in [5.74, 6) is 1.42. The third kappa shape index (κ3) is 4.39. The summed E-state index contributed by atoms with van der Waals surface area (Å²) in [4.78, 5) is 27.4. The normalized spacial score (nSPS) is 15.1. The van der Waals surface area contributed by atoms with Crippen LogP contribution in [0, 0.1) is 0 Å². The summed E-state index contributed by atoms with van der Waals surface area (Å²) in [6, 6.07) is 12.1. The average molecular weight is 444 g/mol. The van der Waals surface area contributed by atoms with Crippen LogP contribution in [0.3, 0.4) is 0 Å². The molecular weight excluding hydrogens is 422 g/mol. The van der Waals surface area contributed by atoms with Crippen molar-refractivity contribution in [1.29, 1.82) is 0 Å². The first-order valence-corrected chi connectivity index (χ1v) is 11.2. The lowest BCUT2D eigenvalue weighted by molar-refractivity contribution is -0.117. The maximum atomic E-state index is 12.6. The molecule has 1 aliphatic rings. The van der Waals surface area contributed by atoms with Crippen LogP contribution in [0.5, 0.6) is 0 Å². The third-order valence-corrected chi connectivity index (χ3v) is 6.24. The number of para-hydroxylation sites is 1. The smallest absolute Gasteiger partial charge is 0.273 e. The molecule has 1 fully saturated rings. The van der Waals surface area contributed by atoms with E-state index in [-0.39, 0.29) is 11.6 Å². The van der Waals surface area contributed by atoms with Gasteiger partial charge in [0.1, 0.15) is 6.04 Å². The van der Waals surface area contributed by atoms with Crippen molar-refractivity contribution < 1.29 is 9.59 Å². The molecule has 2 aromatic carbocycles. The number of amides is 2. The van der Waals surface area contributed by atoms with E-state index >= 15 is 0 Å². The van der Waals surface area contributed by atoms with Gasteiger partial charge in [0.15, 0.2) is 5.69 Å². The van der Waals surface area contributed by atoms with Crippen LogP contribution in [0.15, 0.2) is 42.5 Å². The highest BCUT2D eigenvalue weighted by Crippen LogP contribution is 2.30. The van der Waals surface area contributed by atoms with Crippen molar-refractivity contribution in [3.8, 4) is 0 Å². The van der Waals surface area contributed by atoms with Crippen molar-refractivity contribution in [2.75, 3.05) is 34.8 Å². The number of fused-ring (bicyclic) bond motifs is 1. The lowest BCUT2D eigenvalue weighted by Crippen LogP contribution is -2.41. The lowest BCUT2D eigenvalue weighted by Gasteiger charge is -2.29. The van der Waals surface area contributed by atoms with Gasteiger partial charge in [0.2, 0.25) is 5.91 Å². The summed E-state index contributed by atoms with van der Waals surface area (Å²) in [6.45, 7) is 3.55. The number of carbonyl (C=O) groups is 2. The lowest BCUT2D eigenvalue weighted by atomic mass is 10.2. The Bertz CT molecular complexity index is 1080. The van der Waals surface area contributed by atoms with Crippen molar-refractivity contribution in [1.82, 2.24) is 15.5 Å². The van der Waals surface area contributed by atoms with E-state index in [0.717, 1.165) is 35.8 Å². The molecule has 1 atom stereocenters. The van der Waals surface area contributed by atoms with Crippen LogP contribution in [0.2, 0.25) is 5.02 Å². The molecule has 1 aliphatic heterocycles. The number of rotatable bonds is 5. The predicted molar refractivity (Wildman–Crippen MR) is 123 cm³/mol. The Balaban J connectivity index is 1.39. The summed E-state index contributed by atoms with van der Waals surface area (Å²) < 4.78 is 0. The second-order valence-corrected chi connectivity index (χ2v) is 8.70. The summed E-state index contributed by atoms with van der Waals surface area (Å²) in [5, 5.41) is 13.7. The maximum Gasteiger partial charge on any atom is 0.273 e. The van der Waals surface area contributed by atoms with Crippen molar-refractivity contribution in [2.45, 2.75) is 13.0 Å². The Hall–Kier alpha value is -2.71. The fourth-order valence-electron chi connectivity index (χ4n) is 3.36. The highest BCUT2D eigenvalue weighted by atomic mass is 35.5. The number of anilines is 2. The molecule has 9 heteroatoms. The van der Waals surface area contributed by atoms with Gasteiger partial charge in [0.05, 0.1) is 16.2 Å².